The average Bonchev–Trinajstić information content (AvgIpc) is 2.96. The number of benzene rings is 1. The summed E-state index contributed by atoms with van der Waals surface area (Å²) in [6.45, 7) is 1.67. The lowest BCUT2D eigenvalue weighted by Gasteiger charge is -2.33. The molecule has 0 radical (unpaired) electrons. The van der Waals surface area contributed by atoms with Crippen LogP contribution in [0.2, 0.25) is 0 Å². The molecule has 3 heterocycles. The van der Waals surface area contributed by atoms with E-state index in [0.717, 1.165) is 0 Å². The predicted octanol–water partition coefficient (Wildman–Crippen LogP) is 0.432. The van der Waals surface area contributed by atoms with Gasteiger partial charge in [0.05, 0.1) is 10.4 Å². The summed E-state index contributed by atoms with van der Waals surface area (Å²) < 4.78 is 33.7. The number of anilines is 1. The standard InChI is InChI=1S/C16H17N5O4S/c1-19-13-4-3-12(11-14(13)25-16(19)22)26(23,24)21-9-7-20(8-10-21)15-17-5-2-6-18-15/h2-6,11H,7-10H2,1H3. The van der Waals surface area contributed by atoms with Crippen molar-refractivity contribution in [2.24, 2.45) is 7.05 Å². The van der Waals surface area contributed by atoms with Crippen LogP contribution in [0.4, 0.5) is 5.95 Å². The fraction of sp³-hybridized carbons (Fsp3) is 0.312. The van der Waals surface area contributed by atoms with Crippen LogP contribution >= 0.6 is 0 Å². The maximum Gasteiger partial charge on any atom is 0.419 e. The van der Waals surface area contributed by atoms with Crippen molar-refractivity contribution in [3.63, 3.8) is 0 Å². The zero-order valence-corrected chi connectivity index (χ0v) is 14.9. The summed E-state index contributed by atoms with van der Waals surface area (Å²) in [5.41, 5.74) is 0.815. The number of sulfonamides is 1. The quantitative estimate of drug-likeness (QED) is 0.654. The van der Waals surface area contributed by atoms with E-state index in [9.17, 15) is 13.2 Å². The van der Waals surface area contributed by atoms with E-state index in [1.165, 1.54) is 21.0 Å². The zero-order chi connectivity index (χ0) is 18.3. The first kappa shape index (κ1) is 16.7. The van der Waals surface area contributed by atoms with E-state index in [2.05, 4.69) is 9.97 Å². The van der Waals surface area contributed by atoms with Gasteiger partial charge in [0.1, 0.15) is 0 Å². The third-order valence-corrected chi connectivity index (χ3v) is 6.37. The molecule has 0 spiro atoms. The molecular formula is C16H17N5O4S. The van der Waals surface area contributed by atoms with Gasteiger partial charge in [-0.15, -0.1) is 0 Å². The first-order valence-electron chi connectivity index (χ1n) is 8.08. The number of piperazine rings is 1. The minimum Gasteiger partial charge on any atom is -0.408 e. The smallest absolute Gasteiger partial charge is 0.408 e. The summed E-state index contributed by atoms with van der Waals surface area (Å²) in [6, 6.07) is 6.22. The van der Waals surface area contributed by atoms with Crippen LogP contribution in [0, 0.1) is 0 Å². The second kappa shape index (κ2) is 6.22. The molecule has 1 saturated heterocycles. The summed E-state index contributed by atoms with van der Waals surface area (Å²) in [5, 5.41) is 0. The van der Waals surface area contributed by atoms with Gasteiger partial charge in [-0.3, -0.25) is 4.57 Å². The van der Waals surface area contributed by atoms with Crippen molar-refractivity contribution in [1.82, 2.24) is 18.8 Å². The maximum atomic E-state index is 12.9. The molecule has 4 rings (SSSR count). The number of nitrogens with zero attached hydrogens (tertiary/aromatic N) is 5. The molecular weight excluding hydrogens is 358 g/mol. The molecule has 1 aliphatic rings. The average molecular weight is 375 g/mol. The van der Waals surface area contributed by atoms with Crippen LogP contribution in [0.1, 0.15) is 0 Å². The van der Waals surface area contributed by atoms with Gasteiger partial charge in [-0.25, -0.2) is 23.2 Å². The molecule has 0 saturated carbocycles. The van der Waals surface area contributed by atoms with Crippen molar-refractivity contribution in [3.05, 3.63) is 47.2 Å². The van der Waals surface area contributed by atoms with Crippen LogP contribution < -0.4 is 10.7 Å². The maximum absolute atomic E-state index is 12.9. The fourth-order valence-electron chi connectivity index (χ4n) is 3.01. The molecule has 0 atom stereocenters. The van der Waals surface area contributed by atoms with Crippen molar-refractivity contribution in [1.29, 1.82) is 0 Å². The highest BCUT2D eigenvalue weighted by Gasteiger charge is 2.29. The highest BCUT2D eigenvalue weighted by atomic mass is 32.2. The molecule has 0 bridgehead atoms. The summed E-state index contributed by atoms with van der Waals surface area (Å²) in [6.07, 6.45) is 3.32. The van der Waals surface area contributed by atoms with Crippen molar-refractivity contribution < 1.29 is 12.8 Å². The van der Waals surface area contributed by atoms with Crippen LogP contribution in [0.25, 0.3) is 11.1 Å². The Kier molecular flexibility index (Phi) is 4.00. The number of rotatable bonds is 3. The van der Waals surface area contributed by atoms with Crippen LogP contribution in [0.15, 0.2) is 50.8 Å². The van der Waals surface area contributed by atoms with E-state index in [-0.39, 0.29) is 10.5 Å². The van der Waals surface area contributed by atoms with Crippen molar-refractivity contribution in [2.45, 2.75) is 4.90 Å². The number of hydrogen-bond donors (Lipinski definition) is 0. The SMILES string of the molecule is Cn1c(=O)oc2cc(S(=O)(=O)N3CCN(c4ncccn4)CC3)ccc21. The second-order valence-electron chi connectivity index (χ2n) is 6.00. The Morgan fingerprint density at radius 2 is 1.77 bits per heavy atom. The van der Waals surface area contributed by atoms with Gasteiger partial charge in [0.15, 0.2) is 5.58 Å². The highest BCUT2D eigenvalue weighted by molar-refractivity contribution is 7.89. The lowest BCUT2D eigenvalue weighted by molar-refractivity contribution is 0.382. The van der Waals surface area contributed by atoms with Gasteiger partial charge in [0.25, 0.3) is 0 Å². The van der Waals surface area contributed by atoms with E-state index in [1.807, 2.05) is 4.90 Å². The summed E-state index contributed by atoms with van der Waals surface area (Å²) >= 11 is 0. The molecule has 0 unspecified atom stereocenters. The molecule has 1 aliphatic heterocycles. The van der Waals surface area contributed by atoms with Gasteiger partial charge in [-0.1, -0.05) is 0 Å². The van der Waals surface area contributed by atoms with Gasteiger partial charge in [-0.2, -0.15) is 4.31 Å². The molecule has 9 nitrogen and oxygen atoms in total. The van der Waals surface area contributed by atoms with Gasteiger partial charge in [0, 0.05) is 51.7 Å². The Morgan fingerprint density at radius 3 is 2.46 bits per heavy atom. The highest BCUT2D eigenvalue weighted by Crippen LogP contribution is 2.22. The van der Waals surface area contributed by atoms with E-state index < -0.39 is 15.8 Å². The molecule has 136 valence electrons. The minimum atomic E-state index is -3.67. The lowest BCUT2D eigenvalue weighted by Crippen LogP contribution is -2.49. The Labute approximate surface area is 149 Å². The number of aryl methyl sites for hydroxylation is 1. The Morgan fingerprint density at radius 1 is 1.08 bits per heavy atom. The largest absolute Gasteiger partial charge is 0.419 e. The first-order chi connectivity index (χ1) is 12.5. The van der Waals surface area contributed by atoms with Gasteiger partial charge < -0.3 is 9.32 Å². The van der Waals surface area contributed by atoms with Crippen LogP contribution in [0.5, 0.6) is 0 Å². The van der Waals surface area contributed by atoms with E-state index in [1.54, 1.807) is 31.6 Å². The second-order valence-corrected chi connectivity index (χ2v) is 7.93. The molecule has 2 aromatic heterocycles. The van der Waals surface area contributed by atoms with Crippen molar-refractivity contribution in [2.75, 3.05) is 31.1 Å². The number of oxazole rings is 1. The van der Waals surface area contributed by atoms with Gasteiger partial charge >= 0.3 is 5.76 Å². The zero-order valence-electron chi connectivity index (χ0n) is 14.1. The summed E-state index contributed by atoms with van der Waals surface area (Å²) in [7, 11) is -2.09. The minimum absolute atomic E-state index is 0.115. The van der Waals surface area contributed by atoms with Gasteiger partial charge in [0.2, 0.25) is 16.0 Å². The number of hydrogen-bond acceptors (Lipinski definition) is 7. The molecule has 26 heavy (non-hydrogen) atoms. The van der Waals surface area contributed by atoms with E-state index in [0.29, 0.717) is 37.6 Å². The van der Waals surface area contributed by atoms with Gasteiger partial charge in [-0.05, 0) is 18.2 Å². The molecule has 0 N–H and O–H groups in total. The summed E-state index contributed by atoms with van der Waals surface area (Å²) in [5.74, 6) is 0.0723. The molecule has 1 fully saturated rings. The van der Waals surface area contributed by atoms with Crippen molar-refractivity contribution >= 4 is 27.1 Å². The monoisotopic (exact) mass is 375 g/mol. The van der Waals surface area contributed by atoms with Crippen LogP contribution in [0.3, 0.4) is 0 Å². The topological polar surface area (TPSA) is 102 Å². The number of aromatic nitrogens is 3. The molecule has 1 aromatic carbocycles. The fourth-order valence-corrected chi connectivity index (χ4v) is 4.44. The van der Waals surface area contributed by atoms with Crippen LogP contribution in [-0.2, 0) is 17.1 Å². The Bertz CT molecular complexity index is 1100. The third kappa shape index (κ3) is 2.76. The normalized spacial score (nSPS) is 16.3. The van der Waals surface area contributed by atoms with E-state index in [4.69, 9.17) is 4.42 Å². The molecule has 0 aliphatic carbocycles. The lowest BCUT2D eigenvalue weighted by atomic mass is 10.3. The van der Waals surface area contributed by atoms with E-state index >= 15 is 0 Å². The Hall–Kier alpha value is -2.72. The van der Waals surface area contributed by atoms with Crippen molar-refractivity contribution in [3.8, 4) is 0 Å². The molecule has 3 aromatic rings. The molecule has 10 heteroatoms. The first-order valence-corrected chi connectivity index (χ1v) is 9.52. The summed E-state index contributed by atoms with van der Waals surface area (Å²) in [4.78, 5) is 22.0. The van der Waals surface area contributed by atoms with Crippen LogP contribution in [-0.4, -0.2) is 53.4 Å². The molecule has 0 amide bonds. The predicted molar refractivity (Wildman–Crippen MR) is 94.5 cm³/mol. The third-order valence-electron chi connectivity index (χ3n) is 4.48. The number of fused-ring (bicyclic) bond motifs is 1. The Balaban J connectivity index is 1.57.